The molecule has 0 bridgehead atoms. The van der Waals surface area contributed by atoms with Gasteiger partial charge < -0.3 is 11.5 Å². The summed E-state index contributed by atoms with van der Waals surface area (Å²) >= 11 is 4.65. The van der Waals surface area contributed by atoms with Crippen molar-refractivity contribution in [2.75, 3.05) is 5.73 Å². The van der Waals surface area contributed by atoms with E-state index in [4.69, 9.17) is 11.5 Å². The molecule has 0 radical (unpaired) electrons. The number of aromatic nitrogens is 2. The minimum atomic E-state index is 0.185. The van der Waals surface area contributed by atoms with Crippen LogP contribution in [0, 0.1) is 0 Å². The van der Waals surface area contributed by atoms with Crippen LogP contribution in [0.1, 0.15) is 5.69 Å². The van der Waals surface area contributed by atoms with Crippen molar-refractivity contribution < 1.29 is 0 Å². The second kappa shape index (κ2) is 2.57. The lowest BCUT2D eigenvalue weighted by Crippen LogP contribution is -2.12. The third-order valence-corrected chi connectivity index (χ3v) is 1.14. The summed E-state index contributed by atoms with van der Waals surface area (Å²) in [6.45, 7) is 0. The molecule has 52 valence electrons. The minimum Gasteiger partial charge on any atom is -0.388 e. The van der Waals surface area contributed by atoms with Crippen molar-refractivity contribution in [2.24, 2.45) is 5.73 Å². The molecule has 1 rings (SSSR count). The fourth-order valence-electron chi connectivity index (χ4n) is 0.511. The van der Waals surface area contributed by atoms with Crippen molar-refractivity contribution >= 4 is 23.2 Å². The molecule has 0 aliphatic carbocycles. The fraction of sp³-hybridized carbons (Fsp3) is 0. The van der Waals surface area contributed by atoms with Crippen LogP contribution in [-0.4, -0.2) is 15.0 Å². The van der Waals surface area contributed by atoms with Crippen LogP contribution >= 0.6 is 12.2 Å². The summed E-state index contributed by atoms with van der Waals surface area (Å²) in [5.41, 5.74) is 11.0. The predicted molar refractivity (Wildman–Crippen MR) is 42.3 cm³/mol. The van der Waals surface area contributed by atoms with Gasteiger partial charge in [0.05, 0.1) is 0 Å². The first-order valence-electron chi connectivity index (χ1n) is 2.58. The Bertz CT molecular complexity index is 260. The van der Waals surface area contributed by atoms with Gasteiger partial charge in [-0.3, -0.25) is 0 Å². The zero-order valence-corrected chi connectivity index (χ0v) is 5.93. The number of nitrogen functional groups attached to an aromatic ring is 1. The molecule has 4 nitrogen and oxygen atoms in total. The van der Waals surface area contributed by atoms with Gasteiger partial charge in [-0.05, 0) is 6.07 Å². The van der Waals surface area contributed by atoms with Crippen LogP contribution in [0.3, 0.4) is 0 Å². The normalized spacial score (nSPS) is 9.20. The number of hydrogen-bond donors (Lipinski definition) is 2. The van der Waals surface area contributed by atoms with Gasteiger partial charge in [-0.15, -0.1) is 0 Å². The molecule has 0 aliphatic rings. The second-order valence-corrected chi connectivity index (χ2v) is 2.10. The molecule has 1 aromatic rings. The zero-order valence-electron chi connectivity index (χ0n) is 5.11. The average molecular weight is 154 g/mol. The van der Waals surface area contributed by atoms with Gasteiger partial charge >= 0.3 is 0 Å². The largest absolute Gasteiger partial charge is 0.388 e. The van der Waals surface area contributed by atoms with Crippen molar-refractivity contribution in [2.45, 2.75) is 0 Å². The summed E-state index contributed by atoms with van der Waals surface area (Å²) in [6.07, 6.45) is 1.51. The highest BCUT2D eigenvalue weighted by atomic mass is 32.1. The van der Waals surface area contributed by atoms with Gasteiger partial charge in [0.1, 0.15) is 10.7 Å². The highest BCUT2D eigenvalue weighted by Crippen LogP contribution is 1.94. The number of rotatable bonds is 1. The third-order valence-electron chi connectivity index (χ3n) is 0.927. The first-order valence-corrected chi connectivity index (χ1v) is 2.99. The lowest BCUT2D eigenvalue weighted by atomic mass is 10.4. The lowest BCUT2D eigenvalue weighted by Gasteiger charge is -1.95. The molecule has 10 heavy (non-hydrogen) atoms. The van der Waals surface area contributed by atoms with E-state index in [0.29, 0.717) is 5.69 Å². The zero-order chi connectivity index (χ0) is 7.56. The van der Waals surface area contributed by atoms with E-state index in [0.717, 1.165) is 0 Å². The van der Waals surface area contributed by atoms with Crippen LogP contribution in [0.5, 0.6) is 0 Å². The van der Waals surface area contributed by atoms with Crippen molar-refractivity contribution in [1.29, 1.82) is 0 Å². The Morgan fingerprint density at radius 3 is 2.70 bits per heavy atom. The van der Waals surface area contributed by atoms with Gasteiger partial charge in [-0.1, -0.05) is 12.2 Å². The number of anilines is 1. The van der Waals surface area contributed by atoms with E-state index in [9.17, 15) is 0 Å². The Morgan fingerprint density at radius 2 is 2.30 bits per heavy atom. The molecule has 0 amide bonds. The lowest BCUT2D eigenvalue weighted by molar-refractivity contribution is 1.17. The van der Waals surface area contributed by atoms with E-state index in [1.54, 1.807) is 6.07 Å². The van der Waals surface area contributed by atoms with E-state index in [2.05, 4.69) is 22.2 Å². The van der Waals surface area contributed by atoms with Gasteiger partial charge in [0, 0.05) is 6.20 Å². The molecule has 0 unspecified atom stereocenters. The standard InChI is InChI=1S/C5H6N4S/c6-4(10)3-1-2-8-5(7)9-3/h1-2H,(H2,6,10)(H2,7,8,9). The highest BCUT2D eigenvalue weighted by molar-refractivity contribution is 7.80. The molecule has 0 saturated heterocycles. The van der Waals surface area contributed by atoms with Crippen molar-refractivity contribution in [3.63, 3.8) is 0 Å². The average Bonchev–Trinajstić information content (AvgIpc) is 1.88. The number of nitrogens with two attached hydrogens (primary N) is 2. The van der Waals surface area contributed by atoms with Crippen LogP contribution in [0.25, 0.3) is 0 Å². The summed E-state index contributed by atoms with van der Waals surface area (Å²) in [4.78, 5) is 7.68. The van der Waals surface area contributed by atoms with E-state index in [-0.39, 0.29) is 10.9 Å². The quantitative estimate of drug-likeness (QED) is 0.543. The first-order chi connectivity index (χ1) is 4.70. The molecule has 0 spiro atoms. The Labute approximate surface area is 63.3 Å². The molecule has 0 aromatic carbocycles. The summed E-state index contributed by atoms with van der Waals surface area (Å²) in [6, 6.07) is 1.61. The summed E-state index contributed by atoms with van der Waals surface area (Å²) in [7, 11) is 0. The summed E-state index contributed by atoms with van der Waals surface area (Å²) in [5.74, 6) is 0.185. The monoisotopic (exact) mass is 154 g/mol. The van der Waals surface area contributed by atoms with Gasteiger partial charge in [0.2, 0.25) is 5.95 Å². The Morgan fingerprint density at radius 1 is 1.60 bits per heavy atom. The topological polar surface area (TPSA) is 77.8 Å². The Hall–Kier alpha value is -1.23. The fourth-order valence-corrected chi connectivity index (χ4v) is 0.625. The van der Waals surface area contributed by atoms with Crippen molar-refractivity contribution in [3.8, 4) is 0 Å². The van der Waals surface area contributed by atoms with Gasteiger partial charge in [0.15, 0.2) is 0 Å². The maximum Gasteiger partial charge on any atom is 0.220 e. The van der Waals surface area contributed by atoms with E-state index >= 15 is 0 Å². The Kier molecular flexibility index (Phi) is 1.77. The SMILES string of the molecule is NC(=S)c1ccnc(N)n1. The second-order valence-electron chi connectivity index (χ2n) is 1.66. The maximum atomic E-state index is 5.27. The van der Waals surface area contributed by atoms with Crippen LogP contribution in [0.15, 0.2) is 12.3 Å². The molecular weight excluding hydrogens is 148 g/mol. The highest BCUT2D eigenvalue weighted by Gasteiger charge is 1.96. The maximum absolute atomic E-state index is 5.27. The van der Waals surface area contributed by atoms with E-state index < -0.39 is 0 Å². The van der Waals surface area contributed by atoms with Crippen LogP contribution in [0.4, 0.5) is 5.95 Å². The number of hydrogen-bond acceptors (Lipinski definition) is 4. The number of thiocarbonyl (C=S) groups is 1. The molecule has 0 saturated carbocycles. The first kappa shape index (κ1) is 6.88. The van der Waals surface area contributed by atoms with Gasteiger partial charge in [-0.25, -0.2) is 9.97 Å². The van der Waals surface area contributed by atoms with Crippen molar-refractivity contribution in [3.05, 3.63) is 18.0 Å². The van der Waals surface area contributed by atoms with Gasteiger partial charge in [0.25, 0.3) is 0 Å². The van der Waals surface area contributed by atoms with E-state index in [1.807, 2.05) is 0 Å². The van der Waals surface area contributed by atoms with Gasteiger partial charge in [-0.2, -0.15) is 0 Å². The molecule has 5 heteroatoms. The van der Waals surface area contributed by atoms with Crippen LogP contribution < -0.4 is 11.5 Å². The smallest absolute Gasteiger partial charge is 0.220 e. The molecule has 0 atom stereocenters. The number of nitrogens with zero attached hydrogens (tertiary/aromatic N) is 2. The molecular formula is C5H6N4S. The molecule has 1 aromatic heterocycles. The molecule has 0 aliphatic heterocycles. The van der Waals surface area contributed by atoms with E-state index in [1.165, 1.54) is 6.20 Å². The molecule has 1 heterocycles. The summed E-state index contributed by atoms with van der Waals surface area (Å²) in [5, 5.41) is 0. The molecule has 4 N–H and O–H groups in total. The molecule has 0 fully saturated rings. The third kappa shape index (κ3) is 1.38. The van der Waals surface area contributed by atoms with Crippen LogP contribution in [-0.2, 0) is 0 Å². The summed E-state index contributed by atoms with van der Waals surface area (Å²) < 4.78 is 0. The minimum absolute atomic E-state index is 0.185. The Balaban J connectivity index is 3.07. The predicted octanol–water partition coefficient (Wildman–Crippen LogP) is -0.307. The van der Waals surface area contributed by atoms with Crippen LogP contribution in [0.2, 0.25) is 0 Å². The van der Waals surface area contributed by atoms with Crippen molar-refractivity contribution in [1.82, 2.24) is 9.97 Å².